The van der Waals surface area contributed by atoms with Crippen molar-refractivity contribution in [3.05, 3.63) is 0 Å². The van der Waals surface area contributed by atoms with Gasteiger partial charge in [0.1, 0.15) is 0 Å². The molecule has 1 saturated heterocycles. The molecule has 1 N–H and O–H groups in total. The van der Waals surface area contributed by atoms with Crippen molar-refractivity contribution in [2.75, 3.05) is 26.8 Å². The second kappa shape index (κ2) is 8.23. The molecule has 1 aliphatic rings. The Kier molecular flexibility index (Phi) is 7.33. The number of nitrogens with one attached hydrogen (secondary N) is 1. The lowest BCUT2D eigenvalue weighted by atomic mass is 9.85. The van der Waals surface area contributed by atoms with Gasteiger partial charge in [-0.2, -0.15) is 0 Å². The van der Waals surface area contributed by atoms with Crippen molar-refractivity contribution in [3.63, 3.8) is 0 Å². The van der Waals surface area contributed by atoms with Crippen LogP contribution in [-0.2, 0) is 4.74 Å². The van der Waals surface area contributed by atoms with Crippen LogP contribution in [-0.4, -0.2) is 49.3 Å². The fraction of sp³-hybridized carbons (Fsp3) is 1.00. The first-order valence-electron chi connectivity index (χ1n) is 8.12. The average molecular weight is 270 g/mol. The van der Waals surface area contributed by atoms with Gasteiger partial charge in [0.2, 0.25) is 0 Å². The maximum Gasteiger partial charge on any atom is 0.0477 e. The maximum absolute atomic E-state index is 5.27. The standard InChI is InChI=1S/C16H34N2O/c1-6-9-15-12-18(14(4)10-11-19-5)16(7-2,8-3)13-17-15/h14-15,17H,6-13H2,1-5H3. The Hall–Kier alpha value is -0.120. The maximum atomic E-state index is 5.27. The number of hydrogen-bond donors (Lipinski definition) is 1. The Balaban J connectivity index is 2.75. The molecule has 2 atom stereocenters. The smallest absolute Gasteiger partial charge is 0.0477 e. The van der Waals surface area contributed by atoms with Gasteiger partial charge >= 0.3 is 0 Å². The minimum Gasteiger partial charge on any atom is -0.385 e. The van der Waals surface area contributed by atoms with Gasteiger partial charge in [0.15, 0.2) is 0 Å². The van der Waals surface area contributed by atoms with Crippen molar-refractivity contribution >= 4 is 0 Å². The van der Waals surface area contributed by atoms with Gasteiger partial charge in [0.05, 0.1) is 0 Å². The van der Waals surface area contributed by atoms with E-state index in [1.165, 1.54) is 32.2 Å². The Labute approximate surface area is 120 Å². The van der Waals surface area contributed by atoms with Gasteiger partial charge in [0.25, 0.3) is 0 Å². The minimum absolute atomic E-state index is 0.345. The average Bonchev–Trinajstić information content (AvgIpc) is 2.45. The summed E-state index contributed by atoms with van der Waals surface area (Å²) in [6, 6.07) is 1.28. The van der Waals surface area contributed by atoms with E-state index in [1.54, 1.807) is 7.11 Å². The molecule has 1 fully saturated rings. The number of nitrogens with zero attached hydrogens (tertiary/aromatic N) is 1. The summed E-state index contributed by atoms with van der Waals surface area (Å²) in [7, 11) is 1.80. The first kappa shape index (κ1) is 16.9. The lowest BCUT2D eigenvalue weighted by Gasteiger charge is -2.52. The van der Waals surface area contributed by atoms with Gasteiger partial charge in [-0.3, -0.25) is 4.90 Å². The molecule has 114 valence electrons. The number of methoxy groups -OCH3 is 1. The first-order chi connectivity index (χ1) is 9.13. The van der Waals surface area contributed by atoms with Crippen molar-refractivity contribution in [3.8, 4) is 0 Å². The molecule has 0 aromatic heterocycles. The molecule has 0 aromatic carbocycles. The van der Waals surface area contributed by atoms with Crippen molar-refractivity contribution in [1.29, 1.82) is 0 Å². The zero-order chi connectivity index (χ0) is 14.3. The van der Waals surface area contributed by atoms with Gasteiger partial charge in [-0.1, -0.05) is 27.2 Å². The van der Waals surface area contributed by atoms with Crippen LogP contribution < -0.4 is 5.32 Å². The summed E-state index contributed by atoms with van der Waals surface area (Å²) in [6.07, 6.45) is 6.15. The Bertz CT molecular complexity index is 241. The Morgan fingerprint density at radius 2 is 2.00 bits per heavy atom. The van der Waals surface area contributed by atoms with E-state index in [1.807, 2.05) is 0 Å². The van der Waals surface area contributed by atoms with Gasteiger partial charge < -0.3 is 10.1 Å². The summed E-state index contributed by atoms with van der Waals surface area (Å²) < 4.78 is 5.27. The third-order valence-corrected chi connectivity index (χ3v) is 4.97. The van der Waals surface area contributed by atoms with E-state index >= 15 is 0 Å². The van der Waals surface area contributed by atoms with Crippen LogP contribution in [0, 0.1) is 0 Å². The molecule has 0 radical (unpaired) electrons. The van der Waals surface area contributed by atoms with Crippen molar-refractivity contribution < 1.29 is 4.74 Å². The van der Waals surface area contributed by atoms with Gasteiger partial charge in [-0.25, -0.2) is 0 Å². The molecular weight excluding hydrogens is 236 g/mol. The minimum atomic E-state index is 0.345. The molecule has 2 unspecified atom stereocenters. The fourth-order valence-corrected chi connectivity index (χ4v) is 3.47. The summed E-state index contributed by atoms with van der Waals surface area (Å²) in [4.78, 5) is 2.77. The van der Waals surface area contributed by atoms with Crippen LogP contribution in [0.4, 0.5) is 0 Å². The van der Waals surface area contributed by atoms with Gasteiger partial charge in [0, 0.05) is 44.4 Å². The Morgan fingerprint density at radius 3 is 2.53 bits per heavy atom. The van der Waals surface area contributed by atoms with E-state index in [9.17, 15) is 0 Å². The zero-order valence-corrected chi connectivity index (χ0v) is 13.7. The number of piperazine rings is 1. The highest BCUT2D eigenvalue weighted by Crippen LogP contribution is 2.30. The molecule has 1 aliphatic heterocycles. The summed E-state index contributed by atoms with van der Waals surface area (Å²) in [5, 5.41) is 3.78. The third kappa shape index (κ3) is 4.17. The van der Waals surface area contributed by atoms with Crippen LogP contribution in [0.3, 0.4) is 0 Å². The summed E-state index contributed by atoms with van der Waals surface area (Å²) in [5.41, 5.74) is 0.345. The molecule has 3 heteroatoms. The topological polar surface area (TPSA) is 24.5 Å². The molecule has 3 nitrogen and oxygen atoms in total. The molecular formula is C16H34N2O. The highest BCUT2D eigenvalue weighted by molar-refractivity contribution is 4.99. The van der Waals surface area contributed by atoms with Crippen molar-refractivity contribution in [2.45, 2.75) is 77.4 Å². The number of ether oxygens (including phenoxy) is 1. The third-order valence-electron chi connectivity index (χ3n) is 4.97. The number of rotatable bonds is 8. The summed E-state index contributed by atoms with van der Waals surface area (Å²) in [5.74, 6) is 0. The molecule has 1 heterocycles. The second-order valence-corrected chi connectivity index (χ2v) is 6.08. The lowest BCUT2D eigenvalue weighted by molar-refractivity contribution is -0.00972. The van der Waals surface area contributed by atoms with Gasteiger partial charge in [-0.05, 0) is 32.6 Å². The predicted octanol–water partition coefficient (Wildman–Crippen LogP) is 3.04. The predicted molar refractivity (Wildman–Crippen MR) is 82.7 cm³/mol. The molecule has 1 rings (SSSR count). The van der Waals surface area contributed by atoms with Crippen LogP contribution >= 0.6 is 0 Å². The molecule has 19 heavy (non-hydrogen) atoms. The summed E-state index contributed by atoms with van der Waals surface area (Å²) in [6.45, 7) is 12.5. The molecule has 0 aliphatic carbocycles. The SMILES string of the molecule is CCCC1CN(C(C)CCOC)C(CC)(CC)CN1. The van der Waals surface area contributed by atoms with Gasteiger partial charge in [-0.15, -0.1) is 0 Å². The van der Waals surface area contributed by atoms with Crippen LogP contribution in [0.1, 0.15) is 59.8 Å². The normalized spacial score (nSPS) is 25.4. The largest absolute Gasteiger partial charge is 0.385 e. The van der Waals surface area contributed by atoms with E-state index in [-0.39, 0.29) is 0 Å². The molecule has 0 bridgehead atoms. The quantitative estimate of drug-likeness (QED) is 0.733. The van der Waals surface area contributed by atoms with Crippen LogP contribution in [0.25, 0.3) is 0 Å². The highest BCUT2D eigenvalue weighted by Gasteiger charge is 2.40. The molecule has 0 spiro atoms. The fourth-order valence-electron chi connectivity index (χ4n) is 3.47. The van der Waals surface area contributed by atoms with Crippen LogP contribution in [0.5, 0.6) is 0 Å². The van der Waals surface area contributed by atoms with E-state index in [4.69, 9.17) is 4.74 Å². The second-order valence-electron chi connectivity index (χ2n) is 6.08. The van der Waals surface area contributed by atoms with E-state index in [2.05, 4.69) is 37.9 Å². The van der Waals surface area contributed by atoms with E-state index in [0.717, 1.165) is 19.6 Å². The van der Waals surface area contributed by atoms with Crippen molar-refractivity contribution in [1.82, 2.24) is 10.2 Å². The highest BCUT2D eigenvalue weighted by atomic mass is 16.5. The van der Waals surface area contributed by atoms with E-state index in [0.29, 0.717) is 17.6 Å². The lowest BCUT2D eigenvalue weighted by Crippen LogP contribution is -2.66. The van der Waals surface area contributed by atoms with Crippen molar-refractivity contribution in [2.24, 2.45) is 0 Å². The van der Waals surface area contributed by atoms with E-state index < -0.39 is 0 Å². The summed E-state index contributed by atoms with van der Waals surface area (Å²) >= 11 is 0. The van der Waals surface area contributed by atoms with Crippen LogP contribution in [0.15, 0.2) is 0 Å². The van der Waals surface area contributed by atoms with Crippen LogP contribution in [0.2, 0.25) is 0 Å². The first-order valence-corrected chi connectivity index (χ1v) is 8.12. The number of hydrogen-bond acceptors (Lipinski definition) is 3. The molecule has 0 saturated carbocycles. The Morgan fingerprint density at radius 1 is 1.32 bits per heavy atom. The monoisotopic (exact) mass is 270 g/mol. The molecule has 0 aromatic rings. The molecule has 0 amide bonds. The zero-order valence-electron chi connectivity index (χ0n) is 13.7.